The van der Waals surface area contributed by atoms with Crippen molar-refractivity contribution in [3.05, 3.63) is 59.7 Å². The molecule has 2 aromatic carbocycles. The molecule has 0 saturated carbocycles. The molecule has 2 aromatic rings. The van der Waals surface area contributed by atoms with Gasteiger partial charge in [-0.1, -0.05) is 42.5 Å². The molecular formula is C15H13NO. The summed E-state index contributed by atoms with van der Waals surface area (Å²) in [5.41, 5.74) is 3.73. The molecule has 0 bridgehead atoms. The van der Waals surface area contributed by atoms with E-state index >= 15 is 0 Å². The second kappa shape index (κ2) is 5.29. The molecular weight excluding hydrogens is 210 g/mol. The Morgan fingerprint density at radius 3 is 2.53 bits per heavy atom. The molecule has 0 amide bonds. The van der Waals surface area contributed by atoms with Crippen LogP contribution in [0.2, 0.25) is 0 Å². The zero-order valence-electron chi connectivity index (χ0n) is 9.68. The fourth-order valence-corrected chi connectivity index (χ4v) is 1.81. The Labute approximate surface area is 101 Å². The van der Waals surface area contributed by atoms with Crippen molar-refractivity contribution in [1.82, 2.24) is 0 Å². The molecule has 2 heteroatoms. The highest BCUT2D eigenvalue weighted by Crippen LogP contribution is 2.24. The third kappa shape index (κ3) is 2.52. The second-order valence-electron chi connectivity index (χ2n) is 3.79. The van der Waals surface area contributed by atoms with Gasteiger partial charge in [0.15, 0.2) is 0 Å². The largest absolute Gasteiger partial charge is 0.380 e. The van der Waals surface area contributed by atoms with E-state index in [9.17, 15) is 5.26 Å². The van der Waals surface area contributed by atoms with Crippen LogP contribution in [0.3, 0.4) is 0 Å². The Bertz CT molecular complexity index is 541. The summed E-state index contributed by atoms with van der Waals surface area (Å²) in [6.45, 7) is 0.531. The Morgan fingerprint density at radius 1 is 1.12 bits per heavy atom. The predicted molar refractivity (Wildman–Crippen MR) is 67.3 cm³/mol. The zero-order valence-corrected chi connectivity index (χ0v) is 9.68. The Balaban J connectivity index is 2.46. The standard InChI is InChI=1S/C15H13NO/c1-17-11-12-7-8-15(14(9-12)10-16)13-5-3-2-4-6-13/h2-9H,11H2,1H3. The van der Waals surface area contributed by atoms with Crippen LogP contribution in [0.5, 0.6) is 0 Å². The van der Waals surface area contributed by atoms with Crippen molar-refractivity contribution in [3.63, 3.8) is 0 Å². The second-order valence-corrected chi connectivity index (χ2v) is 3.79. The summed E-state index contributed by atoms with van der Waals surface area (Å²) in [4.78, 5) is 0. The fraction of sp³-hybridized carbons (Fsp3) is 0.133. The van der Waals surface area contributed by atoms with E-state index in [0.29, 0.717) is 12.2 Å². The van der Waals surface area contributed by atoms with Crippen LogP contribution < -0.4 is 0 Å². The number of methoxy groups -OCH3 is 1. The van der Waals surface area contributed by atoms with Gasteiger partial charge in [0.25, 0.3) is 0 Å². The van der Waals surface area contributed by atoms with Gasteiger partial charge in [0.1, 0.15) is 0 Å². The molecule has 0 radical (unpaired) electrons. The minimum atomic E-state index is 0.531. The summed E-state index contributed by atoms with van der Waals surface area (Å²) >= 11 is 0. The number of hydrogen-bond donors (Lipinski definition) is 0. The lowest BCUT2D eigenvalue weighted by Crippen LogP contribution is -1.91. The first kappa shape index (κ1) is 11.4. The molecule has 0 fully saturated rings. The van der Waals surface area contributed by atoms with Crippen LogP contribution >= 0.6 is 0 Å². The lowest BCUT2D eigenvalue weighted by Gasteiger charge is -2.06. The highest BCUT2D eigenvalue weighted by molar-refractivity contribution is 5.70. The molecule has 0 saturated heterocycles. The van der Waals surface area contributed by atoms with Crippen LogP contribution in [-0.2, 0) is 11.3 Å². The highest BCUT2D eigenvalue weighted by atomic mass is 16.5. The number of nitrogens with zero attached hydrogens (tertiary/aromatic N) is 1. The van der Waals surface area contributed by atoms with Gasteiger partial charge in [-0.2, -0.15) is 5.26 Å². The third-order valence-corrected chi connectivity index (χ3v) is 2.60. The molecule has 0 aliphatic carbocycles. The van der Waals surface area contributed by atoms with Gasteiger partial charge in [0.05, 0.1) is 18.2 Å². The number of nitriles is 1. The molecule has 0 N–H and O–H groups in total. The first-order chi connectivity index (χ1) is 8.35. The van der Waals surface area contributed by atoms with Crippen molar-refractivity contribution in [1.29, 1.82) is 5.26 Å². The molecule has 2 rings (SSSR count). The van der Waals surface area contributed by atoms with Crippen LogP contribution in [0.4, 0.5) is 0 Å². The lowest BCUT2D eigenvalue weighted by atomic mass is 9.98. The maximum atomic E-state index is 9.18. The topological polar surface area (TPSA) is 33.0 Å². The van der Waals surface area contributed by atoms with Crippen LogP contribution in [0.25, 0.3) is 11.1 Å². The SMILES string of the molecule is COCc1ccc(-c2ccccc2)c(C#N)c1. The number of hydrogen-bond acceptors (Lipinski definition) is 2. The summed E-state index contributed by atoms with van der Waals surface area (Å²) in [6.07, 6.45) is 0. The normalized spacial score (nSPS) is 9.88. The summed E-state index contributed by atoms with van der Waals surface area (Å²) in [5.74, 6) is 0. The summed E-state index contributed by atoms with van der Waals surface area (Å²) in [7, 11) is 1.65. The summed E-state index contributed by atoms with van der Waals surface area (Å²) in [6, 6.07) is 18.0. The van der Waals surface area contributed by atoms with E-state index in [1.165, 1.54) is 0 Å². The molecule has 2 nitrogen and oxygen atoms in total. The minimum absolute atomic E-state index is 0.531. The van der Waals surface area contributed by atoms with E-state index in [-0.39, 0.29) is 0 Å². The highest BCUT2D eigenvalue weighted by Gasteiger charge is 2.05. The van der Waals surface area contributed by atoms with Crippen LogP contribution in [0.15, 0.2) is 48.5 Å². The third-order valence-electron chi connectivity index (χ3n) is 2.60. The Morgan fingerprint density at radius 2 is 1.88 bits per heavy atom. The van der Waals surface area contributed by atoms with Gasteiger partial charge >= 0.3 is 0 Å². The van der Waals surface area contributed by atoms with Gasteiger partial charge in [-0.25, -0.2) is 0 Å². The molecule has 0 atom stereocenters. The lowest BCUT2D eigenvalue weighted by molar-refractivity contribution is 0.185. The quantitative estimate of drug-likeness (QED) is 0.799. The summed E-state index contributed by atoms with van der Waals surface area (Å²) < 4.78 is 5.06. The smallest absolute Gasteiger partial charge is 0.0998 e. The number of ether oxygens (including phenoxy) is 1. The number of rotatable bonds is 3. The molecule has 17 heavy (non-hydrogen) atoms. The van der Waals surface area contributed by atoms with Gasteiger partial charge in [-0.05, 0) is 22.8 Å². The van der Waals surface area contributed by atoms with Crippen molar-refractivity contribution in [2.24, 2.45) is 0 Å². The van der Waals surface area contributed by atoms with Crippen molar-refractivity contribution in [2.45, 2.75) is 6.61 Å². The van der Waals surface area contributed by atoms with Crippen LogP contribution in [0, 0.1) is 11.3 Å². The van der Waals surface area contributed by atoms with Crippen molar-refractivity contribution >= 4 is 0 Å². The molecule has 0 aromatic heterocycles. The average Bonchev–Trinajstić information content (AvgIpc) is 2.40. The van der Waals surface area contributed by atoms with Gasteiger partial charge in [0, 0.05) is 7.11 Å². The molecule has 84 valence electrons. The van der Waals surface area contributed by atoms with Crippen molar-refractivity contribution in [3.8, 4) is 17.2 Å². The van der Waals surface area contributed by atoms with E-state index in [0.717, 1.165) is 16.7 Å². The Hall–Kier alpha value is -2.11. The maximum absolute atomic E-state index is 9.18. The average molecular weight is 223 g/mol. The monoisotopic (exact) mass is 223 g/mol. The maximum Gasteiger partial charge on any atom is 0.0998 e. The first-order valence-electron chi connectivity index (χ1n) is 5.42. The molecule has 0 unspecified atom stereocenters. The van der Waals surface area contributed by atoms with E-state index in [1.54, 1.807) is 7.11 Å². The molecule has 0 aliphatic heterocycles. The van der Waals surface area contributed by atoms with Gasteiger partial charge in [-0.3, -0.25) is 0 Å². The molecule has 0 aliphatic rings. The number of benzene rings is 2. The van der Waals surface area contributed by atoms with E-state index in [4.69, 9.17) is 4.74 Å². The predicted octanol–water partition coefficient (Wildman–Crippen LogP) is 3.37. The minimum Gasteiger partial charge on any atom is -0.380 e. The first-order valence-corrected chi connectivity index (χ1v) is 5.42. The van der Waals surface area contributed by atoms with E-state index in [2.05, 4.69) is 6.07 Å². The van der Waals surface area contributed by atoms with Crippen molar-refractivity contribution < 1.29 is 4.74 Å². The van der Waals surface area contributed by atoms with Crippen LogP contribution in [0.1, 0.15) is 11.1 Å². The fourth-order valence-electron chi connectivity index (χ4n) is 1.81. The van der Waals surface area contributed by atoms with Gasteiger partial charge in [-0.15, -0.1) is 0 Å². The van der Waals surface area contributed by atoms with E-state index in [1.807, 2.05) is 48.5 Å². The van der Waals surface area contributed by atoms with Crippen molar-refractivity contribution in [2.75, 3.05) is 7.11 Å². The van der Waals surface area contributed by atoms with Crippen LogP contribution in [-0.4, -0.2) is 7.11 Å². The van der Waals surface area contributed by atoms with Gasteiger partial charge in [0.2, 0.25) is 0 Å². The molecule has 0 spiro atoms. The molecule has 0 heterocycles. The van der Waals surface area contributed by atoms with E-state index < -0.39 is 0 Å². The van der Waals surface area contributed by atoms with Gasteiger partial charge < -0.3 is 4.74 Å². The zero-order chi connectivity index (χ0) is 12.1. The summed E-state index contributed by atoms with van der Waals surface area (Å²) in [5, 5.41) is 9.18. The Kier molecular flexibility index (Phi) is 3.54.